The molecule has 3 heterocycles. The summed E-state index contributed by atoms with van der Waals surface area (Å²) in [6.45, 7) is 4.60. The lowest BCUT2D eigenvalue weighted by Gasteiger charge is -2.33. The number of nitrogens with one attached hydrogen (secondary N) is 1. The molecule has 0 spiro atoms. The standard InChI is InChI=1S/C26H28N6O6S2/c1-4-38-26(34)30-11-13-31(14-12-30)40(35,36)20-8-5-18(6-9-20)24(33)28-23-15-17(2)29-32(23)25-27-21-16-19(37-3)7-10-22(21)39-25/h5-10,15-16H,4,11-14H2,1-3H3,(H,28,33). The van der Waals surface area contributed by atoms with E-state index >= 15 is 0 Å². The number of sulfonamides is 1. The molecule has 2 aromatic carbocycles. The smallest absolute Gasteiger partial charge is 0.409 e. The lowest BCUT2D eigenvalue weighted by Crippen LogP contribution is -2.50. The van der Waals surface area contributed by atoms with E-state index in [-0.39, 0.29) is 43.2 Å². The topological polar surface area (TPSA) is 136 Å². The van der Waals surface area contributed by atoms with E-state index in [9.17, 15) is 18.0 Å². The molecule has 0 atom stereocenters. The summed E-state index contributed by atoms with van der Waals surface area (Å²) in [7, 11) is -2.20. The van der Waals surface area contributed by atoms with Crippen LogP contribution in [0.5, 0.6) is 5.75 Å². The first kappa shape index (κ1) is 27.6. The average Bonchev–Trinajstić information content (AvgIpc) is 3.55. The van der Waals surface area contributed by atoms with Gasteiger partial charge in [-0.1, -0.05) is 11.3 Å². The van der Waals surface area contributed by atoms with E-state index in [1.165, 1.54) is 44.8 Å². The van der Waals surface area contributed by atoms with E-state index in [0.717, 1.165) is 10.2 Å². The van der Waals surface area contributed by atoms with Gasteiger partial charge in [-0.15, -0.1) is 0 Å². The lowest BCUT2D eigenvalue weighted by molar-refractivity contribution is 0.0933. The Morgan fingerprint density at radius 2 is 1.77 bits per heavy atom. The van der Waals surface area contributed by atoms with Crippen LogP contribution in [0.25, 0.3) is 15.3 Å². The molecular formula is C26H28N6O6S2. The first-order chi connectivity index (χ1) is 19.2. The highest BCUT2D eigenvalue weighted by Gasteiger charge is 2.30. The number of carbonyl (C=O) groups excluding carboxylic acids is 2. The highest BCUT2D eigenvalue weighted by molar-refractivity contribution is 7.89. The van der Waals surface area contributed by atoms with Crippen LogP contribution in [0.2, 0.25) is 0 Å². The number of nitrogens with zero attached hydrogens (tertiary/aromatic N) is 5. The van der Waals surface area contributed by atoms with E-state index in [2.05, 4.69) is 15.4 Å². The number of hydrogen-bond donors (Lipinski definition) is 1. The highest BCUT2D eigenvalue weighted by atomic mass is 32.2. The Labute approximate surface area is 235 Å². The number of anilines is 1. The zero-order chi connectivity index (χ0) is 28.4. The van der Waals surface area contributed by atoms with Crippen molar-refractivity contribution < 1.29 is 27.5 Å². The van der Waals surface area contributed by atoms with Gasteiger partial charge in [0.1, 0.15) is 11.6 Å². The van der Waals surface area contributed by atoms with E-state index < -0.39 is 22.0 Å². The van der Waals surface area contributed by atoms with E-state index in [1.807, 2.05) is 25.1 Å². The molecular weight excluding hydrogens is 556 g/mol. The number of benzene rings is 2. The fourth-order valence-corrected chi connectivity index (χ4v) is 6.62. The molecule has 5 rings (SSSR count). The second-order valence-corrected chi connectivity index (χ2v) is 11.9. The molecule has 0 bridgehead atoms. The van der Waals surface area contributed by atoms with Crippen LogP contribution in [-0.4, -0.2) is 84.3 Å². The summed E-state index contributed by atoms with van der Waals surface area (Å²) in [5.41, 5.74) is 1.73. The summed E-state index contributed by atoms with van der Waals surface area (Å²) >= 11 is 1.42. The molecule has 1 fully saturated rings. The third kappa shape index (κ3) is 5.50. The predicted octanol–water partition coefficient (Wildman–Crippen LogP) is 3.51. The number of ether oxygens (including phenoxy) is 2. The van der Waals surface area contributed by atoms with Gasteiger partial charge in [0.15, 0.2) is 0 Å². The van der Waals surface area contributed by atoms with Gasteiger partial charge in [-0.2, -0.15) is 14.1 Å². The minimum Gasteiger partial charge on any atom is -0.497 e. The third-order valence-electron chi connectivity index (χ3n) is 6.36. The number of hydrogen-bond acceptors (Lipinski definition) is 9. The molecule has 210 valence electrons. The molecule has 1 aliphatic rings. The molecule has 2 aromatic heterocycles. The van der Waals surface area contributed by atoms with Crippen LogP contribution in [0.1, 0.15) is 23.0 Å². The molecule has 4 aromatic rings. The number of amides is 2. The van der Waals surface area contributed by atoms with Crippen LogP contribution in [-0.2, 0) is 14.8 Å². The van der Waals surface area contributed by atoms with Gasteiger partial charge in [-0.25, -0.2) is 18.2 Å². The minimum absolute atomic E-state index is 0.0689. The van der Waals surface area contributed by atoms with Gasteiger partial charge in [-0.3, -0.25) is 4.79 Å². The van der Waals surface area contributed by atoms with Gasteiger partial charge in [-0.05, 0) is 50.2 Å². The fraction of sp³-hybridized carbons (Fsp3) is 0.308. The second kappa shape index (κ2) is 11.2. The molecule has 1 aliphatic heterocycles. The van der Waals surface area contributed by atoms with Crippen molar-refractivity contribution in [2.24, 2.45) is 0 Å². The number of carbonyl (C=O) groups is 2. The zero-order valence-electron chi connectivity index (χ0n) is 22.2. The van der Waals surface area contributed by atoms with Crippen molar-refractivity contribution in [3.63, 3.8) is 0 Å². The number of fused-ring (bicyclic) bond motifs is 1. The van der Waals surface area contributed by atoms with Crippen LogP contribution < -0.4 is 10.1 Å². The van der Waals surface area contributed by atoms with E-state index in [1.54, 1.807) is 24.8 Å². The van der Waals surface area contributed by atoms with Crippen molar-refractivity contribution in [3.05, 3.63) is 59.8 Å². The minimum atomic E-state index is -3.79. The maximum absolute atomic E-state index is 13.1. The Morgan fingerprint density at radius 1 is 1.05 bits per heavy atom. The Hall–Kier alpha value is -4.01. The van der Waals surface area contributed by atoms with Gasteiger partial charge in [0, 0.05) is 43.9 Å². The molecule has 2 amide bonds. The zero-order valence-corrected chi connectivity index (χ0v) is 23.8. The van der Waals surface area contributed by atoms with Crippen LogP contribution in [0, 0.1) is 6.92 Å². The van der Waals surface area contributed by atoms with Gasteiger partial charge in [0.2, 0.25) is 15.2 Å². The number of aryl methyl sites for hydroxylation is 1. The second-order valence-electron chi connectivity index (χ2n) is 8.98. The van der Waals surface area contributed by atoms with Gasteiger partial charge in [0.25, 0.3) is 5.91 Å². The number of rotatable bonds is 7. The summed E-state index contributed by atoms with van der Waals surface area (Å²) in [6.07, 6.45) is -0.449. The number of piperazine rings is 1. The third-order valence-corrected chi connectivity index (χ3v) is 9.28. The van der Waals surface area contributed by atoms with Crippen LogP contribution in [0.4, 0.5) is 10.6 Å². The normalized spacial score (nSPS) is 14.3. The Balaban J connectivity index is 1.29. The van der Waals surface area contributed by atoms with Crippen molar-refractivity contribution in [3.8, 4) is 10.9 Å². The molecule has 1 saturated heterocycles. The van der Waals surface area contributed by atoms with Crippen molar-refractivity contribution in [1.82, 2.24) is 24.0 Å². The van der Waals surface area contributed by atoms with Crippen LogP contribution >= 0.6 is 11.3 Å². The number of thiazole rings is 1. The predicted molar refractivity (Wildman–Crippen MR) is 150 cm³/mol. The fourth-order valence-electron chi connectivity index (χ4n) is 4.29. The lowest BCUT2D eigenvalue weighted by atomic mass is 10.2. The molecule has 14 heteroatoms. The largest absolute Gasteiger partial charge is 0.497 e. The van der Waals surface area contributed by atoms with Crippen LogP contribution in [0.3, 0.4) is 0 Å². The molecule has 40 heavy (non-hydrogen) atoms. The number of methoxy groups -OCH3 is 1. The van der Waals surface area contributed by atoms with Crippen LogP contribution in [0.15, 0.2) is 53.4 Å². The Morgan fingerprint density at radius 3 is 2.45 bits per heavy atom. The quantitative estimate of drug-likeness (QED) is 0.349. The molecule has 1 N–H and O–H groups in total. The molecule has 0 radical (unpaired) electrons. The first-order valence-corrected chi connectivity index (χ1v) is 14.8. The van der Waals surface area contributed by atoms with Gasteiger partial charge in [0.05, 0.1) is 34.5 Å². The molecule has 0 saturated carbocycles. The van der Waals surface area contributed by atoms with Crippen molar-refractivity contribution >= 4 is 49.4 Å². The maximum Gasteiger partial charge on any atom is 0.409 e. The maximum atomic E-state index is 13.1. The summed E-state index contributed by atoms with van der Waals surface area (Å²) in [6, 6.07) is 13.1. The van der Waals surface area contributed by atoms with Crippen molar-refractivity contribution in [1.29, 1.82) is 0 Å². The van der Waals surface area contributed by atoms with E-state index in [0.29, 0.717) is 22.4 Å². The summed E-state index contributed by atoms with van der Waals surface area (Å²) in [5, 5.41) is 7.93. The summed E-state index contributed by atoms with van der Waals surface area (Å²) in [5.74, 6) is 0.708. The van der Waals surface area contributed by atoms with Gasteiger partial charge >= 0.3 is 6.09 Å². The highest BCUT2D eigenvalue weighted by Crippen LogP contribution is 2.30. The molecule has 0 unspecified atom stereocenters. The molecule has 0 aliphatic carbocycles. The Kier molecular flexibility index (Phi) is 7.74. The summed E-state index contributed by atoms with van der Waals surface area (Å²) < 4.78 is 40.4. The Bertz CT molecular complexity index is 1660. The van der Waals surface area contributed by atoms with Gasteiger partial charge < -0.3 is 19.7 Å². The van der Waals surface area contributed by atoms with E-state index in [4.69, 9.17) is 9.47 Å². The monoisotopic (exact) mass is 584 g/mol. The van der Waals surface area contributed by atoms with Crippen molar-refractivity contribution in [2.75, 3.05) is 45.2 Å². The first-order valence-electron chi connectivity index (χ1n) is 12.5. The SMILES string of the molecule is CCOC(=O)N1CCN(S(=O)(=O)c2ccc(C(=O)Nc3cc(C)nn3-c3nc4cc(OC)ccc4s3)cc2)CC1. The van der Waals surface area contributed by atoms with Crippen molar-refractivity contribution in [2.45, 2.75) is 18.7 Å². The average molecular weight is 585 g/mol. The summed E-state index contributed by atoms with van der Waals surface area (Å²) in [4.78, 5) is 31.2. The molecule has 12 nitrogen and oxygen atoms in total. The number of aromatic nitrogens is 3.